The third-order valence-corrected chi connectivity index (χ3v) is 3.70. The Balaban J connectivity index is 2.31. The molecule has 2 heterocycles. The predicted molar refractivity (Wildman–Crippen MR) is 77.5 cm³/mol. The molecule has 21 heavy (non-hydrogen) atoms. The van der Waals surface area contributed by atoms with Crippen LogP contribution < -0.4 is 0 Å². The molecule has 114 valence electrons. The van der Waals surface area contributed by atoms with Gasteiger partial charge in [0, 0.05) is 6.54 Å². The number of rotatable bonds is 5. The zero-order valence-electron chi connectivity index (χ0n) is 12.6. The molecule has 7 nitrogen and oxygen atoms in total. The summed E-state index contributed by atoms with van der Waals surface area (Å²) in [6, 6.07) is 0. The number of carbonyl (C=O) groups is 1. The number of carbonyl (C=O) groups excluding carboxylic acids is 1. The quantitative estimate of drug-likeness (QED) is 0.789. The molecule has 0 aliphatic rings. The van der Waals surface area contributed by atoms with Gasteiger partial charge < -0.3 is 4.74 Å². The van der Waals surface area contributed by atoms with Crippen LogP contribution in [0.1, 0.15) is 41.4 Å². The number of esters is 1. The second-order valence-electron chi connectivity index (χ2n) is 4.56. The fourth-order valence-electron chi connectivity index (χ4n) is 2.06. The van der Waals surface area contributed by atoms with Crippen molar-refractivity contribution in [1.29, 1.82) is 0 Å². The molecule has 0 bridgehead atoms. The Labute approximate surface area is 127 Å². The second kappa shape index (κ2) is 6.26. The topological polar surface area (TPSA) is 74.8 Å². The molecule has 0 atom stereocenters. The summed E-state index contributed by atoms with van der Waals surface area (Å²) in [6.07, 6.45) is 0. The first-order valence-corrected chi connectivity index (χ1v) is 7.16. The number of hydrogen-bond donors (Lipinski definition) is 0. The fourth-order valence-corrected chi connectivity index (χ4v) is 2.26. The van der Waals surface area contributed by atoms with Crippen LogP contribution in [0, 0.1) is 13.8 Å². The van der Waals surface area contributed by atoms with Gasteiger partial charge in [0.2, 0.25) is 0 Å². The average Bonchev–Trinajstić information content (AvgIpc) is 2.95. The maximum absolute atomic E-state index is 11.7. The average molecular weight is 312 g/mol. The van der Waals surface area contributed by atoms with E-state index < -0.39 is 5.97 Å². The summed E-state index contributed by atoms with van der Waals surface area (Å²) < 4.78 is 8.39. The highest BCUT2D eigenvalue weighted by molar-refractivity contribution is 6.31. The Kier molecular flexibility index (Phi) is 4.62. The van der Waals surface area contributed by atoms with E-state index in [4.69, 9.17) is 16.3 Å². The minimum Gasteiger partial charge on any atom is -0.461 e. The standard InChI is InChI=1S/C13H18ClN5O2/c1-5-18-10(11(14)8(3)16-18)7-19-9(4)12(15-17-19)13(20)21-6-2/h5-7H2,1-4H3. The molecule has 0 aliphatic heterocycles. The van der Waals surface area contributed by atoms with Gasteiger partial charge in [0.25, 0.3) is 0 Å². The van der Waals surface area contributed by atoms with Crippen LogP contribution in [-0.2, 0) is 17.8 Å². The highest BCUT2D eigenvalue weighted by Gasteiger charge is 2.20. The minimum atomic E-state index is -0.465. The summed E-state index contributed by atoms with van der Waals surface area (Å²) >= 11 is 6.28. The molecule has 2 rings (SSSR count). The summed E-state index contributed by atoms with van der Waals surface area (Å²) in [5.74, 6) is -0.465. The lowest BCUT2D eigenvalue weighted by Gasteiger charge is -2.07. The van der Waals surface area contributed by atoms with Crippen molar-refractivity contribution in [2.45, 2.75) is 40.8 Å². The third kappa shape index (κ3) is 2.92. The molecule has 0 radical (unpaired) electrons. The number of aromatic nitrogens is 5. The fraction of sp³-hybridized carbons (Fsp3) is 0.538. The van der Waals surface area contributed by atoms with Crippen LogP contribution in [-0.4, -0.2) is 37.4 Å². The summed E-state index contributed by atoms with van der Waals surface area (Å²) in [6.45, 7) is 8.80. The van der Waals surface area contributed by atoms with E-state index >= 15 is 0 Å². The van der Waals surface area contributed by atoms with E-state index in [2.05, 4.69) is 15.4 Å². The molecule has 0 amide bonds. The first-order valence-electron chi connectivity index (χ1n) is 6.78. The van der Waals surface area contributed by atoms with Crippen LogP contribution in [0.2, 0.25) is 5.02 Å². The van der Waals surface area contributed by atoms with Gasteiger partial charge in [-0.2, -0.15) is 5.10 Å². The summed E-state index contributed by atoms with van der Waals surface area (Å²) in [5.41, 5.74) is 2.50. The Morgan fingerprint density at radius 3 is 2.62 bits per heavy atom. The number of ether oxygens (including phenoxy) is 1. The predicted octanol–water partition coefficient (Wildman–Crippen LogP) is 1.99. The lowest BCUT2D eigenvalue weighted by Crippen LogP contribution is -2.12. The van der Waals surface area contributed by atoms with Crippen molar-refractivity contribution < 1.29 is 9.53 Å². The van der Waals surface area contributed by atoms with Gasteiger partial charge in [0.1, 0.15) is 0 Å². The van der Waals surface area contributed by atoms with E-state index in [9.17, 15) is 4.79 Å². The molecular weight excluding hydrogens is 294 g/mol. The van der Waals surface area contributed by atoms with Gasteiger partial charge >= 0.3 is 5.97 Å². The molecule has 0 spiro atoms. The Morgan fingerprint density at radius 1 is 1.29 bits per heavy atom. The first kappa shape index (κ1) is 15.5. The zero-order valence-corrected chi connectivity index (χ0v) is 13.3. The molecule has 0 unspecified atom stereocenters. The largest absolute Gasteiger partial charge is 0.461 e. The van der Waals surface area contributed by atoms with E-state index in [1.807, 2.05) is 18.5 Å². The van der Waals surface area contributed by atoms with Gasteiger partial charge in [-0.25, -0.2) is 9.48 Å². The van der Waals surface area contributed by atoms with E-state index in [1.165, 1.54) is 0 Å². The monoisotopic (exact) mass is 311 g/mol. The highest BCUT2D eigenvalue weighted by Crippen LogP contribution is 2.21. The first-order chi connectivity index (χ1) is 9.99. The number of hydrogen-bond acceptors (Lipinski definition) is 5. The molecule has 8 heteroatoms. The molecule has 2 aromatic heterocycles. The van der Waals surface area contributed by atoms with E-state index in [-0.39, 0.29) is 5.69 Å². The van der Waals surface area contributed by atoms with E-state index in [1.54, 1.807) is 18.5 Å². The second-order valence-corrected chi connectivity index (χ2v) is 4.94. The van der Waals surface area contributed by atoms with Crippen LogP contribution in [0.5, 0.6) is 0 Å². The van der Waals surface area contributed by atoms with Crippen molar-refractivity contribution in [1.82, 2.24) is 24.8 Å². The molecule has 0 aliphatic carbocycles. The SMILES string of the molecule is CCOC(=O)c1nnn(Cc2c(Cl)c(C)nn2CC)c1C. The molecule has 0 fully saturated rings. The van der Waals surface area contributed by atoms with Crippen molar-refractivity contribution in [2.75, 3.05) is 6.61 Å². The number of nitrogens with zero attached hydrogens (tertiary/aromatic N) is 5. The van der Waals surface area contributed by atoms with Crippen molar-refractivity contribution >= 4 is 17.6 Å². The van der Waals surface area contributed by atoms with Crippen molar-refractivity contribution in [2.24, 2.45) is 0 Å². The molecule has 2 aromatic rings. The summed E-state index contributed by atoms with van der Waals surface area (Å²) in [4.78, 5) is 11.7. The van der Waals surface area contributed by atoms with Crippen LogP contribution in [0.25, 0.3) is 0 Å². The molecule has 0 saturated heterocycles. The third-order valence-electron chi connectivity index (χ3n) is 3.20. The van der Waals surface area contributed by atoms with Gasteiger partial charge in [-0.3, -0.25) is 4.68 Å². The van der Waals surface area contributed by atoms with E-state index in [0.717, 1.165) is 11.4 Å². The van der Waals surface area contributed by atoms with Crippen LogP contribution in [0.15, 0.2) is 0 Å². The Bertz CT molecular complexity index is 662. The van der Waals surface area contributed by atoms with Gasteiger partial charge in [-0.1, -0.05) is 16.8 Å². The lowest BCUT2D eigenvalue weighted by atomic mass is 10.3. The van der Waals surface area contributed by atoms with Crippen LogP contribution in [0.4, 0.5) is 0 Å². The van der Waals surface area contributed by atoms with Gasteiger partial charge in [-0.05, 0) is 27.7 Å². The Hall–Kier alpha value is -1.89. The van der Waals surface area contributed by atoms with Crippen molar-refractivity contribution in [3.05, 3.63) is 27.8 Å². The molecule has 0 aromatic carbocycles. The summed E-state index contributed by atoms with van der Waals surface area (Å²) in [5, 5.41) is 12.9. The number of halogens is 1. The smallest absolute Gasteiger partial charge is 0.360 e. The van der Waals surface area contributed by atoms with Gasteiger partial charge in [-0.15, -0.1) is 5.10 Å². The maximum atomic E-state index is 11.7. The van der Waals surface area contributed by atoms with Crippen LogP contribution in [0.3, 0.4) is 0 Å². The van der Waals surface area contributed by atoms with Crippen molar-refractivity contribution in [3.63, 3.8) is 0 Å². The normalized spacial score (nSPS) is 10.9. The molecule has 0 saturated carbocycles. The zero-order chi connectivity index (χ0) is 15.6. The molecule has 0 N–H and O–H groups in total. The summed E-state index contributed by atoms with van der Waals surface area (Å²) in [7, 11) is 0. The molecular formula is C13H18ClN5O2. The highest BCUT2D eigenvalue weighted by atomic mass is 35.5. The van der Waals surface area contributed by atoms with Gasteiger partial charge in [0.15, 0.2) is 5.69 Å². The van der Waals surface area contributed by atoms with E-state index in [0.29, 0.717) is 30.4 Å². The lowest BCUT2D eigenvalue weighted by molar-refractivity contribution is 0.0518. The van der Waals surface area contributed by atoms with Crippen molar-refractivity contribution in [3.8, 4) is 0 Å². The maximum Gasteiger partial charge on any atom is 0.360 e. The van der Waals surface area contributed by atoms with Crippen LogP contribution >= 0.6 is 11.6 Å². The van der Waals surface area contributed by atoms with Gasteiger partial charge in [0.05, 0.1) is 35.3 Å². The Morgan fingerprint density at radius 2 is 2.00 bits per heavy atom. The number of aryl methyl sites for hydroxylation is 2. The minimum absolute atomic E-state index is 0.229.